The van der Waals surface area contributed by atoms with E-state index in [0.29, 0.717) is 5.57 Å². The molecule has 54 valence electrons. The average molecular weight is 154 g/mol. The number of carbonyl (C=O) groups is 1. The van der Waals surface area contributed by atoms with E-state index in [1.54, 1.807) is 18.2 Å². The molecule has 0 aliphatic rings. The highest BCUT2D eigenvalue weighted by molar-refractivity contribution is 7.41. The van der Waals surface area contributed by atoms with Gasteiger partial charge in [0.2, 0.25) is 0 Å². The van der Waals surface area contributed by atoms with Crippen LogP contribution in [0.1, 0.15) is 6.92 Å². The summed E-state index contributed by atoms with van der Waals surface area (Å²) in [5, 5.41) is 0. The van der Waals surface area contributed by atoms with Crippen LogP contribution in [0.25, 0.3) is 0 Å². The molecule has 0 aromatic heterocycles. The third-order valence-electron chi connectivity index (χ3n) is 0.928. The number of carbonyl (C=O) groups excluding carboxylic acids is 1. The SMILES string of the molecule is C=C/C=C(\C=C/C)C(=O)P. The normalized spacial score (nSPS) is 12.0. The Labute approximate surface area is 63.7 Å². The van der Waals surface area contributed by atoms with Gasteiger partial charge in [0.15, 0.2) is 5.52 Å². The first-order chi connectivity index (χ1) is 4.72. The number of hydrogen-bond donors (Lipinski definition) is 0. The Kier molecular flexibility index (Phi) is 4.78. The van der Waals surface area contributed by atoms with Crippen molar-refractivity contribution in [1.29, 1.82) is 0 Å². The molecule has 0 aliphatic carbocycles. The molecule has 0 rings (SSSR count). The fraction of sp³-hybridized carbons (Fsp3) is 0.125. The summed E-state index contributed by atoms with van der Waals surface area (Å²) >= 11 is 0. The van der Waals surface area contributed by atoms with Gasteiger partial charge in [0.1, 0.15) is 0 Å². The van der Waals surface area contributed by atoms with Crippen LogP contribution in [0.2, 0.25) is 0 Å². The van der Waals surface area contributed by atoms with Crippen LogP contribution in [0, 0.1) is 0 Å². The molecule has 0 saturated heterocycles. The summed E-state index contributed by atoms with van der Waals surface area (Å²) in [5.41, 5.74) is 0.639. The van der Waals surface area contributed by atoms with Crippen LogP contribution in [0.15, 0.2) is 36.5 Å². The summed E-state index contributed by atoms with van der Waals surface area (Å²) in [6, 6.07) is 0. The van der Waals surface area contributed by atoms with Crippen molar-refractivity contribution in [3.05, 3.63) is 36.5 Å². The van der Waals surface area contributed by atoms with Gasteiger partial charge in [-0.25, -0.2) is 0 Å². The summed E-state index contributed by atoms with van der Waals surface area (Å²) in [6.07, 6.45) is 6.83. The third-order valence-corrected chi connectivity index (χ3v) is 1.26. The molecule has 0 spiro atoms. The van der Waals surface area contributed by atoms with Crippen molar-refractivity contribution in [2.24, 2.45) is 0 Å². The van der Waals surface area contributed by atoms with E-state index >= 15 is 0 Å². The molecular weight excluding hydrogens is 143 g/mol. The summed E-state index contributed by atoms with van der Waals surface area (Å²) < 4.78 is 0. The molecule has 0 heterocycles. The second-order valence-corrected chi connectivity index (χ2v) is 2.25. The first-order valence-electron chi connectivity index (χ1n) is 2.97. The number of hydrogen-bond acceptors (Lipinski definition) is 1. The van der Waals surface area contributed by atoms with Crippen molar-refractivity contribution in [3.8, 4) is 0 Å². The van der Waals surface area contributed by atoms with Gasteiger partial charge in [-0.2, -0.15) is 0 Å². The topological polar surface area (TPSA) is 17.1 Å². The highest BCUT2D eigenvalue weighted by Gasteiger charge is 1.94. The molecule has 0 bridgehead atoms. The molecule has 10 heavy (non-hydrogen) atoms. The molecule has 1 nitrogen and oxygen atoms in total. The Balaban J connectivity index is 4.41. The third kappa shape index (κ3) is 3.37. The standard InChI is InChI=1S/C8H11OP/c1-3-5-7(6-4-2)8(9)10/h3-6H,1,10H2,2H3/b6-4-,7-5+. The maximum atomic E-state index is 10.7. The minimum atomic E-state index is -0.0157. The Morgan fingerprint density at radius 1 is 1.60 bits per heavy atom. The Bertz CT molecular complexity index is 189. The van der Waals surface area contributed by atoms with E-state index < -0.39 is 0 Å². The maximum absolute atomic E-state index is 10.7. The number of allylic oxidation sites excluding steroid dienone is 5. The van der Waals surface area contributed by atoms with Crippen molar-refractivity contribution in [1.82, 2.24) is 0 Å². The summed E-state index contributed by atoms with van der Waals surface area (Å²) in [5.74, 6) is 0. The molecule has 0 fully saturated rings. The molecule has 2 heteroatoms. The minimum absolute atomic E-state index is 0.0157. The molecule has 0 N–H and O–H groups in total. The van der Waals surface area contributed by atoms with Gasteiger partial charge >= 0.3 is 0 Å². The predicted octanol–water partition coefficient (Wildman–Crippen LogP) is 2.08. The lowest BCUT2D eigenvalue weighted by atomic mass is 10.2. The lowest BCUT2D eigenvalue weighted by Gasteiger charge is -1.90. The second kappa shape index (κ2) is 5.13. The summed E-state index contributed by atoms with van der Waals surface area (Å²) in [7, 11) is 2.11. The van der Waals surface area contributed by atoms with Crippen LogP contribution in [0.4, 0.5) is 0 Å². The molecule has 0 aliphatic heterocycles. The van der Waals surface area contributed by atoms with Crippen LogP contribution in [-0.4, -0.2) is 5.52 Å². The summed E-state index contributed by atoms with van der Waals surface area (Å²) in [4.78, 5) is 10.7. The van der Waals surface area contributed by atoms with Crippen molar-refractivity contribution in [2.75, 3.05) is 0 Å². The zero-order chi connectivity index (χ0) is 7.98. The van der Waals surface area contributed by atoms with Crippen LogP contribution < -0.4 is 0 Å². The minimum Gasteiger partial charge on any atom is -0.290 e. The average Bonchev–Trinajstić information content (AvgIpc) is 1.87. The monoisotopic (exact) mass is 154 g/mol. The van der Waals surface area contributed by atoms with Gasteiger partial charge in [0, 0.05) is 5.57 Å². The van der Waals surface area contributed by atoms with Gasteiger partial charge in [0.25, 0.3) is 0 Å². The first-order valence-corrected chi connectivity index (χ1v) is 3.55. The zero-order valence-electron chi connectivity index (χ0n) is 6.00. The molecular formula is C8H11OP. The van der Waals surface area contributed by atoms with E-state index in [1.807, 2.05) is 13.0 Å². The zero-order valence-corrected chi connectivity index (χ0v) is 7.16. The highest BCUT2D eigenvalue weighted by Crippen LogP contribution is 2.04. The molecule has 0 saturated carbocycles. The smallest absolute Gasteiger partial charge is 0.178 e. The van der Waals surface area contributed by atoms with Crippen LogP contribution in [0.3, 0.4) is 0 Å². The Hall–Kier alpha value is -0.680. The van der Waals surface area contributed by atoms with E-state index in [-0.39, 0.29) is 5.52 Å². The quantitative estimate of drug-likeness (QED) is 0.345. The van der Waals surface area contributed by atoms with E-state index in [0.717, 1.165) is 0 Å². The van der Waals surface area contributed by atoms with E-state index in [1.165, 1.54) is 0 Å². The molecule has 0 aromatic carbocycles. The molecule has 1 atom stereocenters. The Morgan fingerprint density at radius 3 is 2.50 bits per heavy atom. The maximum Gasteiger partial charge on any atom is 0.178 e. The second-order valence-electron chi connectivity index (χ2n) is 1.72. The summed E-state index contributed by atoms with van der Waals surface area (Å²) in [6.45, 7) is 5.36. The predicted molar refractivity (Wildman–Crippen MR) is 47.8 cm³/mol. The van der Waals surface area contributed by atoms with Gasteiger partial charge in [-0.3, -0.25) is 4.79 Å². The van der Waals surface area contributed by atoms with Gasteiger partial charge in [0.05, 0.1) is 0 Å². The van der Waals surface area contributed by atoms with Gasteiger partial charge in [-0.05, 0) is 6.92 Å². The van der Waals surface area contributed by atoms with E-state index in [4.69, 9.17) is 0 Å². The van der Waals surface area contributed by atoms with E-state index in [2.05, 4.69) is 15.8 Å². The van der Waals surface area contributed by atoms with Gasteiger partial charge in [-0.15, -0.1) is 0 Å². The van der Waals surface area contributed by atoms with Crippen molar-refractivity contribution in [3.63, 3.8) is 0 Å². The molecule has 0 radical (unpaired) electrons. The van der Waals surface area contributed by atoms with Crippen molar-refractivity contribution >= 4 is 14.8 Å². The first kappa shape index (κ1) is 9.32. The molecule has 1 unspecified atom stereocenters. The van der Waals surface area contributed by atoms with Crippen molar-refractivity contribution in [2.45, 2.75) is 6.92 Å². The fourth-order valence-corrected chi connectivity index (χ4v) is 0.719. The molecule has 0 amide bonds. The van der Waals surface area contributed by atoms with Crippen LogP contribution in [0.5, 0.6) is 0 Å². The van der Waals surface area contributed by atoms with Crippen molar-refractivity contribution < 1.29 is 4.79 Å². The lowest BCUT2D eigenvalue weighted by molar-refractivity contribution is -0.107. The highest BCUT2D eigenvalue weighted by atomic mass is 31.0. The van der Waals surface area contributed by atoms with Crippen LogP contribution >= 0.6 is 9.24 Å². The lowest BCUT2D eigenvalue weighted by Crippen LogP contribution is -1.86. The fourth-order valence-electron chi connectivity index (χ4n) is 0.526. The Morgan fingerprint density at radius 2 is 2.20 bits per heavy atom. The largest absolute Gasteiger partial charge is 0.290 e. The van der Waals surface area contributed by atoms with Crippen LogP contribution in [-0.2, 0) is 4.79 Å². The van der Waals surface area contributed by atoms with Gasteiger partial charge < -0.3 is 0 Å². The molecule has 0 aromatic rings. The van der Waals surface area contributed by atoms with E-state index in [9.17, 15) is 4.79 Å². The van der Waals surface area contributed by atoms with Gasteiger partial charge in [-0.1, -0.05) is 40.1 Å². The number of rotatable bonds is 3.